The summed E-state index contributed by atoms with van der Waals surface area (Å²) >= 11 is 0. The van der Waals surface area contributed by atoms with Crippen molar-refractivity contribution in [1.29, 1.82) is 0 Å². The van der Waals surface area contributed by atoms with Crippen LogP contribution >= 0.6 is 0 Å². The van der Waals surface area contributed by atoms with Crippen molar-refractivity contribution in [3.05, 3.63) is 12.1 Å². The summed E-state index contributed by atoms with van der Waals surface area (Å²) in [5.41, 5.74) is 0.554. The third-order valence-corrected chi connectivity index (χ3v) is 2.64. The van der Waals surface area contributed by atoms with Crippen molar-refractivity contribution in [3.8, 4) is 17.2 Å². The molecule has 5 nitrogen and oxygen atoms in total. The van der Waals surface area contributed by atoms with Gasteiger partial charge in [0.1, 0.15) is 0 Å². The molecule has 1 aromatic rings. The van der Waals surface area contributed by atoms with Gasteiger partial charge < -0.3 is 19.5 Å². The molecular weight excluding hydrogens is 258 g/mol. The Labute approximate surface area is 120 Å². The van der Waals surface area contributed by atoms with Crippen LogP contribution in [0.4, 0.5) is 5.69 Å². The average Bonchev–Trinajstić information content (AvgIpc) is 2.35. The molecule has 0 aliphatic heterocycles. The van der Waals surface area contributed by atoms with Crippen molar-refractivity contribution in [2.24, 2.45) is 5.41 Å². The normalized spacial score (nSPS) is 10.9. The van der Waals surface area contributed by atoms with Gasteiger partial charge in [-0.25, -0.2) is 0 Å². The van der Waals surface area contributed by atoms with Crippen molar-refractivity contribution in [3.63, 3.8) is 0 Å². The molecular formula is C15H23NO4. The van der Waals surface area contributed by atoms with Gasteiger partial charge in [-0.2, -0.15) is 0 Å². The first-order valence-electron chi connectivity index (χ1n) is 6.40. The van der Waals surface area contributed by atoms with Crippen LogP contribution in [-0.2, 0) is 4.79 Å². The van der Waals surface area contributed by atoms with Crippen LogP contribution in [0, 0.1) is 5.41 Å². The quantitative estimate of drug-likeness (QED) is 0.901. The minimum Gasteiger partial charge on any atom is -0.493 e. The van der Waals surface area contributed by atoms with E-state index in [1.54, 1.807) is 12.1 Å². The summed E-state index contributed by atoms with van der Waals surface area (Å²) in [7, 11) is 4.62. The van der Waals surface area contributed by atoms with Crippen molar-refractivity contribution in [2.45, 2.75) is 27.2 Å². The SMILES string of the molecule is COc1cc(NC(=O)CC(C)(C)C)cc(OC)c1OC. The maximum Gasteiger partial charge on any atom is 0.224 e. The number of ether oxygens (including phenoxy) is 3. The van der Waals surface area contributed by atoms with Gasteiger partial charge >= 0.3 is 0 Å². The summed E-state index contributed by atoms with van der Waals surface area (Å²) in [6.45, 7) is 6.05. The summed E-state index contributed by atoms with van der Waals surface area (Å²) in [4.78, 5) is 12.0. The molecule has 0 saturated carbocycles. The number of nitrogens with one attached hydrogen (secondary N) is 1. The second-order valence-electron chi connectivity index (χ2n) is 5.70. The molecule has 1 rings (SSSR count). The maximum absolute atomic E-state index is 12.0. The number of hydrogen-bond donors (Lipinski definition) is 1. The predicted octanol–water partition coefficient (Wildman–Crippen LogP) is 3.09. The summed E-state index contributed by atoms with van der Waals surface area (Å²) in [5, 5.41) is 2.84. The van der Waals surface area contributed by atoms with Crippen LogP contribution in [0.25, 0.3) is 0 Å². The number of carbonyl (C=O) groups excluding carboxylic acids is 1. The first kappa shape index (κ1) is 16.1. The summed E-state index contributed by atoms with van der Waals surface area (Å²) in [5.74, 6) is 1.48. The number of amides is 1. The van der Waals surface area contributed by atoms with E-state index in [1.807, 2.05) is 20.8 Å². The minimum atomic E-state index is -0.0648. The van der Waals surface area contributed by atoms with Gasteiger partial charge in [-0.1, -0.05) is 20.8 Å². The van der Waals surface area contributed by atoms with Gasteiger partial charge in [-0.3, -0.25) is 4.79 Å². The molecule has 0 spiro atoms. The lowest BCUT2D eigenvalue weighted by molar-refractivity contribution is -0.117. The molecule has 0 fully saturated rings. The zero-order chi connectivity index (χ0) is 15.3. The highest BCUT2D eigenvalue weighted by Gasteiger charge is 2.18. The van der Waals surface area contributed by atoms with Crippen molar-refractivity contribution in [2.75, 3.05) is 26.6 Å². The topological polar surface area (TPSA) is 56.8 Å². The van der Waals surface area contributed by atoms with Crippen LogP contribution in [0.15, 0.2) is 12.1 Å². The van der Waals surface area contributed by atoms with E-state index in [0.717, 1.165) is 0 Å². The molecule has 5 heteroatoms. The number of anilines is 1. The fourth-order valence-corrected chi connectivity index (χ4v) is 1.84. The smallest absolute Gasteiger partial charge is 0.224 e. The van der Waals surface area contributed by atoms with Crippen LogP contribution in [0.3, 0.4) is 0 Å². The summed E-state index contributed by atoms with van der Waals surface area (Å²) in [6.07, 6.45) is 0.434. The third kappa shape index (κ3) is 4.33. The Morgan fingerprint density at radius 1 is 1.05 bits per heavy atom. The van der Waals surface area contributed by atoms with Crippen LogP contribution in [0.2, 0.25) is 0 Å². The molecule has 0 radical (unpaired) electrons. The van der Waals surface area contributed by atoms with Crippen LogP contribution in [-0.4, -0.2) is 27.2 Å². The fraction of sp³-hybridized carbons (Fsp3) is 0.533. The zero-order valence-electron chi connectivity index (χ0n) is 13.0. The lowest BCUT2D eigenvalue weighted by Gasteiger charge is -2.18. The first-order valence-corrected chi connectivity index (χ1v) is 6.40. The van der Waals surface area contributed by atoms with Crippen molar-refractivity contribution >= 4 is 11.6 Å². The highest BCUT2D eigenvalue weighted by Crippen LogP contribution is 2.40. The Bertz CT molecular complexity index is 452. The predicted molar refractivity (Wildman–Crippen MR) is 78.8 cm³/mol. The van der Waals surface area contributed by atoms with Gasteiger partial charge in [-0.15, -0.1) is 0 Å². The zero-order valence-corrected chi connectivity index (χ0v) is 13.0. The highest BCUT2D eigenvalue weighted by atomic mass is 16.5. The van der Waals surface area contributed by atoms with Gasteiger partial charge in [-0.05, 0) is 5.41 Å². The van der Waals surface area contributed by atoms with Crippen molar-refractivity contribution < 1.29 is 19.0 Å². The Kier molecular flexibility index (Phi) is 5.25. The maximum atomic E-state index is 12.0. The molecule has 0 bridgehead atoms. The Balaban J connectivity index is 2.99. The number of rotatable bonds is 5. The van der Waals surface area contributed by atoms with E-state index in [0.29, 0.717) is 29.4 Å². The second-order valence-corrected chi connectivity index (χ2v) is 5.70. The van der Waals surface area contributed by atoms with E-state index in [-0.39, 0.29) is 11.3 Å². The molecule has 0 atom stereocenters. The summed E-state index contributed by atoms with van der Waals surface area (Å²) in [6, 6.07) is 3.42. The van der Waals surface area contributed by atoms with Crippen molar-refractivity contribution in [1.82, 2.24) is 0 Å². The largest absolute Gasteiger partial charge is 0.493 e. The van der Waals surface area contributed by atoms with Crippen LogP contribution in [0.5, 0.6) is 17.2 Å². The average molecular weight is 281 g/mol. The monoisotopic (exact) mass is 281 g/mol. The highest BCUT2D eigenvalue weighted by molar-refractivity contribution is 5.91. The number of hydrogen-bond acceptors (Lipinski definition) is 4. The van der Waals surface area contributed by atoms with Crippen LogP contribution in [0.1, 0.15) is 27.2 Å². The lowest BCUT2D eigenvalue weighted by atomic mass is 9.92. The summed E-state index contributed by atoms with van der Waals surface area (Å²) < 4.78 is 15.7. The first-order chi connectivity index (χ1) is 9.30. The Morgan fingerprint density at radius 2 is 1.55 bits per heavy atom. The van der Waals surface area contributed by atoms with Gasteiger partial charge in [0.2, 0.25) is 11.7 Å². The molecule has 0 aliphatic carbocycles. The number of benzene rings is 1. The molecule has 1 N–H and O–H groups in total. The third-order valence-electron chi connectivity index (χ3n) is 2.64. The van der Waals surface area contributed by atoms with E-state index in [2.05, 4.69) is 5.32 Å². The molecule has 112 valence electrons. The van der Waals surface area contributed by atoms with Gasteiger partial charge in [0.05, 0.1) is 21.3 Å². The molecule has 0 saturated heterocycles. The fourth-order valence-electron chi connectivity index (χ4n) is 1.84. The molecule has 1 aromatic carbocycles. The Hall–Kier alpha value is -1.91. The van der Waals surface area contributed by atoms with Gasteiger partial charge in [0.25, 0.3) is 0 Å². The second kappa shape index (κ2) is 6.50. The van der Waals surface area contributed by atoms with E-state index >= 15 is 0 Å². The number of methoxy groups -OCH3 is 3. The standard InChI is InChI=1S/C15H23NO4/c1-15(2,3)9-13(17)16-10-7-11(18-4)14(20-6)12(8-10)19-5/h7-8H,9H2,1-6H3,(H,16,17). The van der Waals surface area contributed by atoms with Gasteiger partial charge in [0.15, 0.2) is 11.5 Å². The minimum absolute atomic E-state index is 0.0493. The van der Waals surface area contributed by atoms with Crippen LogP contribution < -0.4 is 19.5 Å². The van der Waals surface area contributed by atoms with E-state index < -0.39 is 0 Å². The number of carbonyl (C=O) groups is 1. The molecule has 20 heavy (non-hydrogen) atoms. The van der Waals surface area contributed by atoms with Gasteiger partial charge in [0, 0.05) is 24.2 Å². The molecule has 0 aromatic heterocycles. The molecule has 0 unspecified atom stereocenters. The molecule has 0 heterocycles. The Morgan fingerprint density at radius 3 is 1.90 bits per heavy atom. The molecule has 1 amide bonds. The van der Waals surface area contributed by atoms with E-state index in [1.165, 1.54) is 21.3 Å². The lowest BCUT2D eigenvalue weighted by Crippen LogP contribution is -2.19. The van der Waals surface area contributed by atoms with E-state index in [4.69, 9.17) is 14.2 Å². The van der Waals surface area contributed by atoms with E-state index in [9.17, 15) is 4.79 Å². The molecule has 0 aliphatic rings.